The Morgan fingerprint density at radius 3 is 2.68 bits per heavy atom. The normalized spacial score (nSPS) is 17.2. The van der Waals surface area contributed by atoms with E-state index in [2.05, 4.69) is 10.6 Å². The topological polar surface area (TPSA) is 50.4 Å². The molecule has 1 atom stereocenters. The number of amides is 1. The van der Waals surface area contributed by atoms with Crippen LogP contribution in [-0.2, 0) is 4.79 Å². The summed E-state index contributed by atoms with van der Waals surface area (Å²) in [5, 5.41) is 6.15. The molecule has 0 bridgehead atoms. The zero-order chi connectivity index (χ0) is 15.4. The number of benzene rings is 2. The molecule has 1 heterocycles. The molecule has 22 heavy (non-hydrogen) atoms. The molecule has 0 aliphatic carbocycles. The van der Waals surface area contributed by atoms with Crippen LogP contribution in [0, 0.1) is 12.8 Å². The molecule has 0 spiro atoms. The summed E-state index contributed by atoms with van der Waals surface area (Å²) in [5.74, 6) is 1.72. The molecule has 0 aromatic heterocycles. The minimum Gasteiger partial charge on any atom is -0.457 e. The van der Waals surface area contributed by atoms with Crippen molar-refractivity contribution in [3.8, 4) is 11.5 Å². The standard InChI is InChI=1S/C18H20N2O2/c1-13-3-2-4-17(11-13)22-16-7-5-15(6-8-16)20-18(21)14-9-10-19-12-14/h2-8,11,14,19H,9-10,12H2,1H3,(H,20,21). The second-order valence-corrected chi connectivity index (χ2v) is 5.62. The van der Waals surface area contributed by atoms with Crippen LogP contribution in [0.25, 0.3) is 0 Å². The molecular formula is C18H20N2O2. The van der Waals surface area contributed by atoms with Crippen molar-refractivity contribution in [3.63, 3.8) is 0 Å². The first-order valence-electron chi connectivity index (χ1n) is 7.57. The van der Waals surface area contributed by atoms with Gasteiger partial charge < -0.3 is 15.4 Å². The maximum atomic E-state index is 12.0. The second kappa shape index (κ2) is 6.62. The number of rotatable bonds is 4. The third-order valence-electron chi connectivity index (χ3n) is 3.78. The molecule has 1 amide bonds. The maximum absolute atomic E-state index is 12.0. The summed E-state index contributed by atoms with van der Waals surface area (Å²) < 4.78 is 5.80. The molecule has 1 unspecified atom stereocenters. The number of carbonyl (C=O) groups is 1. The Kier molecular flexibility index (Phi) is 4.39. The molecule has 1 aliphatic heterocycles. The van der Waals surface area contributed by atoms with Crippen molar-refractivity contribution in [2.24, 2.45) is 5.92 Å². The van der Waals surface area contributed by atoms with Crippen molar-refractivity contribution in [1.82, 2.24) is 5.32 Å². The molecule has 1 aliphatic rings. The molecule has 4 nitrogen and oxygen atoms in total. The van der Waals surface area contributed by atoms with E-state index in [-0.39, 0.29) is 11.8 Å². The van der Waals surface area contributed by atoms with Crippen LogP contribution in [-0.4, -0.2) is 19.0 Å². The lowest BCUT2D eigenvalue weighted by Crippen LogP contribution is -2.24. The van der Waals surface area contributed by atoms with Crippen molar-refractivity contribution in [3.05, 3.63) is 54.1 Å². The average molecular weight is 296 g/mol. The van der Waals surface area contributed by atoms with E-state index >= 15 is 0 Å². The fraction of sp³-hybridized carbons (Fsp3) is 0.278. The summed E-state index contributed by atoms with van der Waals surface area (Å²) in [5.41, 5.74) is 1.96. The van der Waals surface area contributed by atoms with Crippen molar-refractivity contribution in [2.45, 2.75) is 13.3 Å². The Morgan fingerprint density at radius 2 is 2.00 bits per heavy atom. The number of nitrogens with one attached hydrogen (secondary N) is 2. The van der Waals surface area contributed by atoms with Gasteiger partial charge in [-0.1, -0.05) is 12.1 Å². The van der Waals surface area contributed by atoms with E-state index in [9.17, 15) is 4.79 Å². The first-order valence-corrected chi connectivity index (χ1v) is 7.57. The Labute approximate surface area is 130 Å². The fourth-order valence-electron chi connectivity index (χ4n) is 2.54. The average Bonchev–Trinajstić information content (AvgIpc) is 3.04. The quantitative estimate of drug-likeness (QED) is 0.910. The van der Waals surface area contributed by atoms with E-state index in [1.807, 2.05) is 55.5 Å². The molecular weight excluding hydrogens is 276 g/mol. The predicted octanol–water partition coefficient (Wildman–Crippen LogP) is 3.34. The lowest BCUT2D eigenvalue weighted by Gasteiger charge is -2.11. The largest absolute Gasteiger partial charge is 0.457 e. The summed E-state index contributed by atoms with van der Waals surface area (Å²) in [7, 11) is 0. The van der Waals surface area contributed by atoms with Gasteiger partial charge in [-0.25, -0.2) is 0 Å². The summed E-state index contributed by atoms with van der Waals surface area (Å²) in [6, 6.07) is 15.4. The van der Waals surface area contributed by atoms with Crippen molar-refractivity contribution in [2.75, 3.05) is 18.4 Å². The molecule has 2 aromatic carbocycles. The summed E-state index contributed by atoms with van der Waals surface area (Å²) >= 11 is 0. The minimum atomic E-state index is 0.0724. The Morgan fingerprint density at radius 1 is 1.18 bits per heavy atom. The number of ether oxygens (including phenoxy) is 1. The van der Waals surface area contributed by atoms with Crippen LogP contribution >= 0.6 is 0 Å². The van der Waals surface area contributed by atoms with Gasteiger partial charge in [0.05, 0.1) is 5.92 Å². The highest BCUT2D eigenvalue weighted by Crippen LogP contribution is 2.24. The van der Waals surface area contributed by atoms with Crippen molar-refractivity contribution >= 4 is 11.6 Å². The number of hydrogen-bond acceptors (Lipinski definition) is 3. The van der Waals surface area contributed by atoms with Gasteiger partial charge in [0.2, 0.25) is 5.91 Å². The first-order chi connectivity index (χ1) is 10.7. The van der Waals surface area contributed by atoms with Gasteiger partial charge in [-0.15, -0.1) is 0 Å². The number of aryl methyl sites for hydroxylation is 1. The van der Waals surface area contributed by atoms with E-state index in [1.54, 1.807) is 0 Å². The van der Waals surface area contributed by atoms with Gasteiger partial charge >= 0.3 is 0 Å². The van der Waals surface area contributed by atoms with Gasteiger partial charge in [0, 0.05) is 12.2 Å². The molecule has 0 radical (unpaired) electrons. The lowest BCUT2D eigenvalue weighted by molar-refractivity contribution is -0.119. The maximum Gasteiger partial charge on any atom is 0.228 e. The van der Waals surface area contributed by atoms with E-state index < -0.39 is 0 Å². The monoisotopic (exact) mass is 296 g/mol. The summed E-state index contributed by atoms with van der Waals surface area (Å²) in [6.07, 6.45) is 0.903. The molecule has 3 rings (SSSR count). The first kappa shape index (κ1) is 14.6. The van der Waals surface area contributed by atoms with Gasteiger partial charge in [-0.2, -0.15) is 0 Å². The van der Waals surface area contributed by atoms with Crippen LogP contribution in [0.15, 0.2) is 48.5 Å². The van der Waals surface area contributed by atoms with Crippen LogP contribution in [0.5, 0.6) is 11.5 Å². The molecule has 1 saturated heterocycles. The summed E-state index contributed by atoms with van der Waals surface area (Å²) in [6.45, 7) is 3.71. The predicted molar refractivity (Wildman–Crippen MR) is 87.3 cm³/mol. The van der Waals surface area contributed by atoms with E-state index in [4.69, 9.17) is 4.74 Å². The van der Waals surface area contributed by atoms with Crippen LogP contribution in [0.2, 0.25) is 0 Å². The summed E-state index contributed by atoms with van der Waals surface area (Å²) in [4.78, 5) is 12.0. The Balaban J connectivity index is 1.61. The van der Waals surface area contributed by atoms with Crippen LogP contribution in [0.4, 0.5) is 5.69 Å². The highest BCUT2D eigenvalue weighted by atomic mass is 16.5. The zero-order valence-corrected chi connectivity index (χ0v) is 12.6. The SMILES string of the molecule is Cc1cccc(Oc2ccc(NC(=O)C3CCNC3)cc2)c1. The fourth-order valence-corrected chi connectivity index (χ4v) is 2.54. The highest BCUT2D eigenvalue weighted by molar-refractivity contribution is 5.92. The van der Waals surface area contributed by atoms with Gasteiger partial charge in [-0.05, 0) is 61.9 Å². The molecule has 2 N–H and O–H groups in total. The minimum absolute atomic E-state index is 0.0724. The smallest absolute Gasteiger partial charge is 0.228 e. The lowest BCUT2D eigenvalue weighted by atomic mass is 10.1. The molecule has 114 valence electrons. The van der Waals surface area contributed by atoms with Crippen LogP contribution in [0.1, 0.15) is 12.0 Å². The number of anilines is 1. The molecule has 2 aromatic rings. The van der Waals surface area contributed by atoms with Crippen LogP contribution in [0.3, 0.4) is 0 Å². The molecule has 0 saturated carbocycles. The van der Waals surface area contributed by atoms with E-state index in [0.29, 0.717) is 0 Å². The zero-order valence-electron chi connectivity index (χ0n) is 12.6. The number of carbonyl (C=O) groups excluding carboxylic acids is 1. The van der Waals surface area contributed by atoms with Gasteiger partial charge in [0.25, 0.3) is 0 Å². The Hall–Kier alpha value is -2.33. The second-order valence-electron chi connectivity index (χ2n) is 5.62. The van der Waals surface area contributed by atoms with Crippen molar-refractivity contribution < 1.29 is 9.53 Å². The Bertz CT molecular complexity index is 646. The molecule has 1 fully saturated rings. The van der Waals surface area contributed by atoms with Gasteiger partial charge in [0.1, 0.15) is 11.5 Å². The highest BCUT2D eigenvalue weighted by Gasteiger charge is 2.22. The third kappa shape index (κ3) is 3.65. The van der Waals surface area contributed by atoms with Gasteiger partial charge in [-0.3, -0.25) is 4.79 Å². The van der Waals surface area contributed by atoms with Gasteiger partial charge in [0.15, 0.2) is 0 Å². The molecule has 4 heteroatoms. The van der Waals surface area contributed by atoms with Crippen LogP contribution < -0.4 is 15.4 Å². The number of hydrogen-bond donors (Lipinski definition) is 2. The van der Waals surface area contributed by atoms with E-state index in [1.165, 1.54) is 0 Å². The third-order valence-corrected chi connectivity index (χ3v) is 3.78. The van der Waals surface area contributed by atoms with Crippen molar-refractivity contribution in [1.29, 1.82) is 0 Å². The van der Waals surface area contributed by atoms with E-state index in [0.717, 1.165) is 42.3 Å².